The van der Waals surface area contributed by atoms with Gasteiger partial charge in [0.15, 0.2) is 0 Å². The van der Waals surface area contributed by atoms with E-state index in [-0.39, 0.29) is 5.41 Å². The minimum atomic E-state index is 0.234. The maximum absolute atomic E-state index is 5.69. The fourth-order valence-electron chi connectivity index (χ4n) is 1.23. The van der Waals surface area contributed by atoms with Crippen molar-refractivity contribution in [1.82, 2.24) is 4.90 Å². The maximum Gasteiger partial charge on any atom is 0.0163 e. The third-order valence-corrected chi connectivity index (χ3v) is 2.25. The van der Waals surface area contributed by atoms with Crippen molar-refractivity contribution in [2.75, 3.05) is 26.2 Å². The van der Waals surface area contributed by atoms with Gasteiger partial charge in [-0.15, -0.1) is 0 Å². The third-order valence-electron chi connectivity index (χ3n) is 2.25. The van der Waals surface area contributed by atoms with E-state index in [0.717, 1.165) is 26.2 Å². The number of hydrogen-bond donors (Lipinski definition) is 1. The highest BCUT2D eigenvalue weighted by atomic mass is 15.1. The maximum atomic E-state index is 5.69. The molecule has 2 heteroatoms. The molecule has 0 saturated heterocycles. The van der Waals surface area contributed by atoms with E-state index >= 15 is 0 Å². The van der Waals surface area contributed by atoms with Crippen molar-refractivity contribution in [2.45, 2.75) is 27.7 Å². The minimum Gasteiger partial charge on any atom is -0.330 e. The second kappa shape index (κ2) is 6.17. The first kappa shape index (κ1) is 12.7. The van der Waals surface area contributed by atoms with Gasteiger partial charge in [0.05, 0.1) is 0 Å². The Morgan fingerprint density at radius 3 is 2.38 bits per heavy atom. The van der Waals surface area contributed by atoms with Crippen LogP contribution in [0, 0.1) is 5.41 Å². The summed E-state index contributed by atoms with van der Waals surface area (Å²) in [5.74, 6) is 0. The molecule has 0 atom stereocenters. The Balaban J connectivity index is 3.96. The molecule has 0 aromatic carbocycles. The molecule has 13 heavy (non-hydrogen) atoms. The van der Waals surface area contributed by atoms with Crippen LogP contribution in [0.15, 0.2) is 12.2 Å². The average Bonchev–Trinajstić information content (AvgIpc) is 2.12. The molecule has 0 radical (unpaired) electrons. The van der Waals surface area contributed by atoms with Gasteiger partial charge in [0, 0.05) is 13.1 Å². The Morgan fingerprint density at radius 1 is 1.38 bits per heavy atom. The van der Waals surface area contributed by atoms with Crippen LogP contribution in [0.3, 0.4) is 0 Å². The van der Waals surface area contributed by atoms with Crippen molar-refractivity contribution in [1.29, 1.82) is 0 Å². The van der Waals surface area contributed by atoms with Crippen molar-refractivity contribution in [3.8, 4) is 0 Å². The Kier molecular flexibility index (Phi) is 6.00. The van der Waals surface area contributed by atoms with Gasteiger partial charge in [-0.2, -0.15) is 0 Å². The van der Waals surface area contributed by atoms with Crippen LogP contribution >= 0.6 is 0 Å². The molecule has 0 aromatic heterocycles. The number of allylic oxidation sites excluding steroid dienone is 1. The van der Waals surface area contributed by atoms with Crippen LogP contribution in [0.25, 0.3) is 0 Å². The summed E-state index contributed by atoms with van der Waals surface area (Å²) < 4.78 is 0. The van der Waals surface area contributed by atoms with Crippen LogP contribution in [-0.2, 0) is 0 Å². The van der Waals surface area contributed by atoms with Gasteiger partial charge in [-0.05, 0) is 25.4 Å². The van der Waals surface area contributed by atoms with E-state index in [4.69, 9.17) is 5.73 Å². The fraction of sp³-hybridized carbons (Fsp3) is 0.818. The van der Waals surface area contributed by atoms with E-state index in [0.29, 0.717) is 0 Å². The number of rotatable bonds is 6. The molecule has 2 N–H and O–H groups in total. The molecule has 0 fully saturated rings. The van der Waals surface area contributed by atoms with Crippen molar-refractivity contribution in [3.05, 3.63) is 12.2 Å². The Morgan fingerprint density at radius 2 is 2.00 bits per heavy atom. The molecular formula is C11H24N2. The SMILES string of the molecule is CC=CCN(CC)CC(C)(C)CN. The molecule has 0 unspecified atom stereocenters. The monoisotopic (exact) mass is 184 g/mol. The first-order chi connectivity index (χ1) is 6.05. The van der Waals surface area contributed by atoms with E-state index in [2.05, 4.69) is 44.7 Å². The van der Waals surface area contributed by atoms with Gasteiger partial charge in [-0.25, -0.2) is 0 Å². The minimum absolute atomic E-state index is 0.234. The normalized spacial score (nSPS) is 13.1. The summed E-state index contributed by atoms with van der Waals surface area (Å²) in [5.41, 5.74) is 5.93. The molecule has 0 rings (SSSR count). The Labute approximate surface area is 82.8 Å². The molecular weight excluding hydrogens is 160 g/mol. The molecule has 0 heterocycles. The zero-order valence-corrected chi connectivity index (χ0v) is 9.51. The molecule has 2 nitrogen and oxygen atoms in total. The number of nitrogens with two attached hydrogens (primary N) is 1. The first-order valence-corrected chi connectivity index (χ1v) is 5.09. The second-order valence-corrected chi connectivity index (χ2v) is 4.27. The highest BCUT2D eigenvalue weighted by Gasteiger charge is 2.18. The molecule has 78 valence electrons. The van der Waals surface area contributed by atoms with Crippen LogP contribution < -0.4 is 5.73 Å². The molecule has 0 aliphatic rings. The van der Waals surface area contributed by atoms with Gasteiger partial charge < -0.3 is 5.73 Å². The number of hydrogen-bond acceptors (Lipinski definition) is 2. The lowest BCUT2D eigenvalue weighted by atomic mass is 9.93. The van der Waals surface area contributed by atoms with Gasteiger partial charge in [0.2, 0.25) is 0 Å². The molecule has 0 bridgehead atoms. The summed E-state index contributed by atoms with van der Waals surface area (Å²) in [6.07, 6.45) is 4.29. The zero-order chi connectivity index (χ0) is 10.3. The van der Waals surface area contributed by atoms with Crippen LogP contribution in [0.2, 0.25) is 0 Å². The van der Waals surface area contributed by atoms with Gasteiger partial charge in [0.25, 0.3) is 0 Å². The van der Waals surface area contributed by atoms with Gasteiger partial charge >= 0.3 is 0 Å². The summed E-state index contributed by atoms with van der Waals surface area (Å²) in [6, 6.07) is 0. The van der Waals surface area contributed by atoms with Crippen LogP contribution in [0.1, 0.15) is 27.7 Å². The fourth-order valence-corrected chi connectivity index (χ4v) is 1.23. The van der Waals surface area contributed by atoms with Crippen molar-refractivity contribution >= 4 is 0 Å². The predicted octanol–water partition coefficient (Wildman–Crippen LogP) is 1.87. The standard InChI is InChI=1S/C11H24N2/c1-5-7-8-13(6-2)10-11(3,4)9-12/h5,7H,6,8-10,12H2,1-4H3. The summed E-state index contributed by atoms with van der Waals surface area (Å²) in [6.45, 7) is 12.6. The smallest absolute Gasteiger partial charge is 0.0163 e. The topological polar surface area (TPSA) is 29.3 Å². The summed E-state index contributed by atoms with van der Waals surface area (Å²) in [5, 5.41) is 0. The van der Waals surface area contributed by atoms with E-state index < -0.39 is 0 Å². The summed E-state index contributed by atoms with van der Waals surface area (Å²) >= 11 is 0. The zero-order valence-electron chi connectivity index (χ0n) is 9.51. The van der Waals surface area contributed by atoms with Crippen LogP contribution in [0.5, 0.6) is 0 Å². The second-order valence-electron chi connectivity index (χ2n) is 4.27. The highest BCUT2D eigenvalue weighted by Crippen LogP contribution is 2.14. The predicted molar refractivity (Wildman–Crippen MR) is 59.8 cm³/mol. The quantitative estimate of drug-likeness (QED) is 0.639. The van der Waals surface area contributed by atoms with Crippen LogP contribution in [0.4, 0.5) is 0 Å². The molecule has 0 aromatic rings. The van der Waals surface area contributed by atoms with Gasteiger partial charge in [0.1, 0.15) is 0 Å². The lowest BCUT2D eigenvalue weighted by molar-refractivity contribution is 0.206. The van der Waals surface area contributed by atoms with Crippen molar-refractivity contribution in [3.63, 3.8) is 0 Å². The largest absolute Gasteiger partial charge is 0.330 e. The van der Waals surface area contributed by atoms with E-state index in [1.807, 2.05) is 0 Å². The molecule has 0 spiro atoms. The van der Waals surface area contributed by atoms with Crippen LogP contribution in [-0.4, -0.2) is 31.1 Å². The lowest BCUT2D eigenvalue weighted by Crippen LogP contribution is -2.38. The highest BCUT2D eigenvalue weighted by molar-refractivity contribution is 4.83. The van der Waals surface area contributed by atoms with E-state index in [1.54, 1.807) is 0 Å². The molecule has 0 amide bonds. The Bertz CT molecular complexity index is 150. The summed E-state index contributed by atoms with van der Waals surface area (Å²) in [4.78, 5) is 2.41. The van der Waals surface area contributed by atoms with Gasteiger partial charge in [-0.3, -0.25) is 4.90 Å². The molecule has 0 aliphatic carbocycles. The third kappa shape index (κ3) is 5.83. The summed E-state index contributed by atoms with van der Waals surface area (Å²) in [7, 11) is 0. The molecule has 0 aliphatic heterocycles. The number of likely N-dealkylation sites (N-methyl/N-ethyl adjacent to an activating group) is 1. The Hall–Kier alpha value is -0.340. The molecule has 0 saturated carbocycles. The van der Waals surface area contributed by atoms with Crippen molar-refractivity contribution in [2.24, 2.45) is 11.1 Å². The van der Waals surface area contributed by atoms with E-state index in [1.165, 1.54) is 0 Å². The first-order valence-electron chi connectivity index (χ1n) is 5.09. The lowest BCUT2D eigenvalue weighted by Gasteiger charge is -2.30. The van der Waals surface area contributed by atoms with Gasteiger partial charge in [-0.1, -0.05) is 32.9 Å². The average molecular weight is 184 g/mol. The number of nitrogens with zero attached hydrogens (tertiary/aromatic N) is 1. The van der Waals surface area contributed by atoms with Crippen molar-refractivity contribution < 1.29 is 0 Å². The van der Waals surface area contributed by atoms with E-state index in [9.17, 15) is 0 Å².